The normalized spacial score (nSPS) is 10.7. The van der Waals surface area contributed by atoms with Crippen molar-refractivity contribution in [2.45, 2.75) is 13.8 Å². The highest BCUT2D eigenvalue weighted by Crippen LogP contribution is 2.14. The average molecular weight is 166 g/mol. The molecule has 0 atom stereocenters. The van der Waals surface area contributed by atoms with E-state index in [0.717, 1.165) is 11.3 Å². The minimum absolute atomic E-state index is 1.04. The van der Waals surface area contributed by atoms with Crippen LogP contribution in [0.5, 0.6) is 0 Å². The quantitative estimate of drug-likeness (QED) is 0.619. The van der Waals surface area contributed by atoms with E-state index in [-0.39, 0.29) is 0 Å². The molecule has 0 aliphatic rings. The topological polar surface area (TPSA) is 25.2 Å². The molecule has 1 aromatic rings. The van der Waals surface area contributed by atoms with E-state index in [4.69, 9.17) is 0 Å². The van der Waals surface area contributed by atoms with Gasteiger partial charge in [0.2, 0.25) is 0 Å². The summed E-state index contributed by atoms with van der Waals surface area (Å²) in [4.78, 5) is 5.14. The third kappa shape index (κ3) is 1.74. The Morgan fingerprint density at radius 2 is 2.27 bits per heavy atom. The second kappa shape index (κ2) is 3.44. The number of aliphatic imine (C=N–C) groups is 1. The van der Waals surface area contributed by atoms with Crippen molar-refractivity contribution in [1.82, 2.24) is 4.37 Å². The summed E-state index contributed by atoms with van der Waals surface area (Å²) in [5.41, 5.74) is 2.16. The summed E-state index contributed by atoms with van der Waals surface area (Å²) in [6, 6.07) is 0. The van der Waals surface area contributed by atoms with Crippen LogP contribution in [0, 0.1) is 13.8 Å². The molecule has 0 saturated heterocycles. The Bertz CT molecular complexity index is 267. The van der Waals surface area contributed by atoms with Crippen molar-refractivity contribution in [3.05, 3.63) is 28.9 Å². The fourth-order valence-corrected chi connectivity index (χ4v) is 1.47. The predicted octanol–water partition coefficient (Wildman–Crippen LogP) is 2.32. The van der Waals surface area contributed by atoms with Crippen molar-refractivity contribution in [2.75, 3.05) is 0 Å². The van der Waals surface area contributed by atoms with Gasteiger partial charge in [-0.25, -0.2) is 0 Å². The molecule has 0 bridgehead atoms. The first-order chi connectivity index (χ1) is 5.25. The van der Waals surface area contributed by atoms with Gasteiger partial charge in [0.05, 0.1) is 5.69 Å². The van der Waals surface area contributed by atoms with Gasteiger partial charge in [-0.2, -0.15) is 4.37 Å². The highest BCUT2D eigenvalue weighted by molar-refractivity contribution is 7.06. The van der Waals surface area contributed by atoms with Crippen LogP contribution in [0.25, 0.3) is 0 Å². The van der Waals surface area contributed by atoms with E-state index < -0.39 is 0 Å². The monoisotopic (exact) mass is 166 g/mol. The largest absolute Gasteiger partial charge is 0.265 e. The van der Waals surface area contributed by atoms with Crippen LogP contribution in [0.4, 0.5) is 0 Å². The summed E-state index contributed by atoms with van der Waals surface area (Å²) in [5, 5.41) is 0. The minimum Gasteiger partial charge on any atom is -0.265 e. The smallest absolute Gasteiger partial charge is 0.0601 e. The lowest BCUT2D eigenvalue weighted by Gasteiger charge is -1.87. The third-order valence-corrected chi connectivity index (χ3v) is 2.26. The lowest BCUT2D eigenvalue weighted by Crippen LogP contribution is -1.83. The summed E-state index contributed by atoms with van der Waals surface area (Å²) >= 11 is 1.51. The lowest BCUT2D eigenvalue weighted by atomic mass is 10.2. The predicted molar refractivity (Wildman–Crippen MR) is 49.4 cm³/mol. The van der Waals surface area contributed by atoms with E-state index in [0.29, 0.717) is 0 Å². The van der Waals surface area contributed by atoms with Gasteiger partial charge >= 0.3 is 0 Å². The molecule has 58 valence electrons. The molecule has 0 aliphatic carbocycles. The second-order valence-electron chi connectivity index (χ2n) is 2.20. The van der Waals surface area contributed by atoms with Gasteiger partial charge in [0, 0.05) is 22.9 Å². The number of aryl methyl sites for hydroxylation is 2. The van der Waals surface area contributed by atoms with Gasteiger partial charge in [0.1, 0.15) is 0 Å². The van der Waals surface area contributed by atoms with E-state index in [1.165, 1.54) is 22.6 Å². The zero-order chi connectivity index (χ0) is 8.27. The van der Waals surface area contributed by atoms with E-state index in [9.17, 15) is 0 Å². The van der Waals surface area contributed by atoms with Crippen LogP contribution in [0.15, 0.2) is 17.8 Å². The zero-order valence-electron chi connectivity index (χ0n) is 6.66. The van der Waals surface area contributed by atoms with Crippen molar-refractivity contribution in [3.8, 4) is 0 Å². The first-order valence-electron chi connectivity index (χ1n) is 3.32. The lowest BCUT2D eigenvalue weighted by molar-refractivity contribution is 1.32. The fourth-order valence-electron chi connectivity index (χ4n) is 0.802. The Balaban J connectivity index is 3.00. The molecule has 0 spiro atoms. The van der Waals surface area contributed by atoms with Crippen LogP contribution in [-0.4, -0.2) is 10.6 Å². The van der Waals surface area contributed by atoms with Crippen molar-refractivity contribution < 1.29 is 0 Å². The molecular formula is C8H10N2S. The van der Waals surface area contributed by atoms with E-state index in [2.05, 4.69) is 15.9 Å². The zero-order valence-corrected chi connectivity index (χ0v) is 7.48. The summed E-state index contributed by atoms with van der Waals surface area (Å²) in [6.45, 7) is 7.52. The molecule has 3 heteroatoms. The maximum Gasteiger partial charge on any atom is 0.0601 e. The van der Waals surface area contributed by atoms with Crippen LogP contribution >= 0.6 is 11.5 Å². The van der Waals surface area contributed by atoms with Gasteiger partial charge < -0.3 is 0 Å². The van der Waals surface area contributed by atoms with Crippen LogP contribution in [0.2, 0.25) is 0 Å². The van der Waals surface area contributed by atoms with Crippen LogP contribution in [-0.2, 0) is 0 Å². The molecule has 11 heavy (non-hydrogen) atoms. The Hall–Kier alpha value is -0.960. The van der Waals surface area contributed by atoms with Crippen molar-refractivity contribution in [2.24, 2.45) is 4.99 Å². The number of aromatic nitrogens is 1. The number of rotatable bonds is 2. The van der Waals surface area contributed by atoms with Crippen LogP contribution in [0.3, 0.4) is 0 Å². The number of nitrogens with zero attached hydrogens (tertiary/aromatic N) is 2. The molecule has 0 unspecified atom stereocenters. The molecule has 1 aromatic heterocycles. The molecule has 1 rings (SSSR count). The maximum absolute atomic E-state index is 4.19. The van der Waals surface area contributed by atoms with Crippen LogP contribution < -0.4 is 0 Å². The molecule has 0 amide bonds. The maximum atomic E-state index is 4.19. The first kappa shape index (κ1) is 8.14. The van der Waals surface area contributed by atoms with Gasteiger partial charge in [-0.1, -0.05) is 6.58 Å². The molecule has 1 heterocycles. The average Bonchev–Trinajstić information content (AvgIpc) is 2.29. The van der Waals surface area contributed by atoms with Gasteiger partial charge in [-0.05, 0) is 25.4 Å². The van der Waals surface area contributed by atoms with Crippen molar-refractivity contribution >= 4 is 17.7 Å². The molecule has 0 radical (unpaired) electrons. The van der Waals surface area contributed by atoms with Gasteiger partial charge in [0.15, 0.2) is 0 Å². The highest BCUT2D eigenvalue weighted by Gasteiger charge is 2.01. The number of hydrogen-bond acceptors (Lipinski definition) is 3. The Labute approximate surface area is 70.5 Å². The molecular weight excluding hydrogens is 156 g/mol. The summed E-state index contributed by atoms with van der Waals surface area (Å²) < 4.78 is 4.19. The highest BCUT2D eigenvalue weighted by atomic mass is 32.1. The third-order valence-electron chi connectivity index (χ3n) is 1.40. The summed E-state index contributed by atoms with van der Waals surface area (Å²) in [7, 11) is 0. The minimum atomic E-state index is 1.04. The SMILES string of the molecule is C=CN=Cc1c(C)nsc1C. The Morgan fingerprint density at radius 3 is 2.73 bits per heavy atom. The standard InChI is InChI=1S/C8H10N2S/c1-4-9-5-8-6(2)10-11-7(8)3/h4-5H,1H2,2-3H3. The Morgan fingerprint density at radius 1 is 1.55 bits per heavy atom. The van der Waals surface area contributed by atoms with E-state index in [1.54, 1.807) is 6.21 Å². The molecule has 2 nitrogen and oxygen atoms in total. The van der Waals surface area contributed by atoms with Crippen molar-refractivity contribution in [1.29, 1.82) is 0 Å². The first-order valence-corrected chi connectivity index (χ1v) is 4.10. The molecule has 0 fully saturated rings. The van der Waals surface area contributed by atoms with Gasteiger partial charge in [-0.3, -0.25) is 4.99 Å². The van der Waals surface area contributed by atoms with Gasteiger partial charge in [-0.15, -0.1) is 0 Å². The second-order valence-corrected chi connectivity index (χ2v) is 3.18. The number of hydrogen-bond donors (Lipinski definition) is 0. The van der Waals surface area contributed by atoms with E-state index >= 15 is 0 Å². The summed E-state index contributed by atoms with van der Waals surface area (Å²) in [5.74, 6) is 0. The molecule has 0 aromatic carbocycles. The van der Waals surface area contributed by atoms with Crippen LogP contribution in [0.1, 0.15) is 16.1 Å². The Kier molecular flexibility index (Phi) is 2.54. The molecule has 0 aliphatic heterocycles. The van der Waals surface area contributed by atoms with Crippen molar-refractivity contribution in [3.63, 3.8) is 0 Å². The molecule has 0 saturated carbocycles. The molecule has 0 N–H and O–H groups in total. The van der Waals surface area contributed by atoms with E-state index in [1.807, 2.05) is 13.8 Å². The van der Waals surface area contributed by atoms with Gasteiger partial charge in [0.25, 0.3) is 0 Å². The fraction of sp³-hybridized carbons (Fsp3) is 0.250. The summed E-state index contributed by atoms with van der Waals surface area (Å²) in [6.07, 6.45) is 3.32.